The maximum Gasteiger partial charge on any atom is 0.387 e. The Morgan fingerprint density at radius 2 is 1.87 bits per heavy atom. The van der Waals surface area contributed by atoms with Gasteiger partial charge in [-0.3, -0.25) is 9.88 Å². The molecule has 1 aliphatic rings. The van der Waals surface area contributed by atoms with E-state index in [1.54, 1.807) is 6.07 Å². The highest BCUT2D eigenvalue weighted by Gasteiger charge is 2.13. The van der Waals surface area contributed by atoms with Crippen LogP contribution in [0.5, 0.6) is 5.75 Å². The highest BCUT2D eigenvalue weighted by atomic mass is 19.3. The van der Waals surface area contributed by atoms with Crippen LogP contribution in [-0.4, -0.2) is 42.8 Å². The number of fused-ring (bicyclic) bond motifs is 1. The number of nitrogens with one attached hydrogen (secondary N) is 1. The molecule has 1 aromatic heterocycles. The van der Waals surface area contributed by atoms with E-state index >= 15 is 0 Å². The first-order valence-electron chi connectivity index (χ1n) is 10.0. The Labute approximate surface area is 179 Å². The highest BCUT2D eigenvalue weighted by Crippen LogP contribution is 2.30. The molecular weight excluding hydrogens is 402 g/mol. The summed E-state index contributed by atoms with van der Waals surface area (Å²) in [5.41, 5.74) is 3.74. The summed E-state index contributed by atoms with van der Waals surface area (Å²) in [5, 5.41) is 13.3. The van der Waals surface area contributed by atoms with E-state index in [0.717, 1.165) is 38.4 Å². The van der Waals surface area contributed by atoms with Crippen molar-refractivity contribution in [3.05, 3.63) is 65.4 Å². The molecule has 31 heavy (non-hydrogen) atoms. The maximum atomic E-state index is 12.6. The first-order valence-corrected chi connectivity index (χ1v) is 10.0. The Bertz CT molecular complexity index is 1080. The van der Waals surface area contributed by atoms with E-state index in [1.807, 2.05) is 12.1 Å². The fourth-order valence-corrected chi connectivity index (χ4v) is 3.59. The molecule has 0 unspecified atom stereocenters. The van der Waals surface area contributed by atoms with Crippen molar-refractivity contribution in [2.45, 2.75) is 19.7 Å². The Kier molecular flexibility index (Phi) is 6.55. The van der Waals surface area contributed by atoms with Gasteiger partial charge in [0.2, 0.25) is 0 Å². The van der Waals surface area contributed by atoms with Crippen LogP contribution in [0.1, 0.15) is 16.7 Å². The zero-order valence-electron chi connectivity index (χ0n) is 16.9. The van der Waals surface area contributed by atoms with Crippen molar-refractivity contribution in [1.29, 1.82) is 5.26 Å². The number of hydrogen-bond acceptors (Lipinski definition) is 6. The number of rotatable bonds is 7. The van der Waals surface area contributed by atoms with Gasteiger partial charge in [-0.25, -0.2) is 0 Å². The van der Waals surface area contributed by atoms with E-state index in [0.29, 0.717) is 28.7 Å². The molecule has 2 heterocycles. The van der Waals surface area contributed by atoms with Crippen LogP contribution < -0.4 is 10.1 Å². The van der Waals surface area contributed by atoms with Crippen molar-refractivity contribution in [1.82, 2.24) is 9.88 Å². The zero-order valence-corrected chi connectivity index (χ0v) is 16.9. The maximum absolute atomic E-state index is 12.6. The van der Waals surface area contributed by atoms with Gasteiger partial charge in [0.25, 0.3) is 0 Å². The lowest BCUT2D eigenvalue weighted by Gasteiger charge is -2.26. The number of alkyl halides is 2. The molecule has 0 bridgehead atoms. The molecule has 1 saturated heterocycles. The van der Waals surface area contributed by atoms with Crippen LogP contribution in [0.25, 0.3) is 10.9 Å². The lowest BCUT2D eigenvalue weighted by Crippen LogP contribution is -2.35. The molecule has 3 aromatic rings. The predicted molar refractivity (Wildman–Crippen MR) is 113 cm³/mol. The average molecular weight is 424 g/mol. The molecule has 4 rings (SSSR count). The van der Waals surface area contributed by atoms with Gasteiger partial charge in [0.05, 0.1) is 30.0 Å². The fourth-order valence-electron chi connectivity index (χ4n) is 3.59. The van der Waals surface area contributed by atoms with Gasteiger partial charge in [-0.1, -0.05) is 24.3 Å². The number of nitrogens with zero attached hydrogens (tertiary/aromatic N) is 3. The minimum absolute atomic E-state index is 0.0231. The van der Waals surface area contributed by atoms with E-state index in [4.69, 9.17) is 4.74 Å². The summed E-state index contributed by atoms with van der Waals surface area (Å²) in [6, 6.07) is 14.9. The molecule has 0 spiro atoms. The summed E-state index contributed by atoms with van der Waals surface area (Å²) < 4.78 is 35.1. The van der Waals surface area contributed by atoms with Gasteiger partial charge < -0.3 is 14.8 Å². The number of aromatic nitrogens is 1. The first-order chi connectivity index (χ1) is 15.1. The van der Waals surface area contributed by atoms with Gasteiger partial charge in [-0.05, 0) is 29.3 Å². The molecule has 1 N–H and O–H groups in total. The van der Waals surface area contributed by atoms with Crippen molar-refractivity contribution in [2.75, 3.05) is 31.6 Å². The molecule has 0 atom stereocenters. The summed E-state index contributed by atoms with van der Waals surface area (Å²) in [6.45, 7) is 1.86. The second-order valence-electron chi connectivity index (χ2n) is 7.27. The standard InChI is InChI=1S/C23H22F2N4O2/c24-23(25)31-19-5-6-21-20(11-19)22(18(12-26)14-27-21)28-13-16-1-3-17(4-2-16)15-29-7-9-30-10-8-29/h1-6,11,14,23H,7-10,13,15H2,(H,27,28). The van der Waals surface area contributed by atoms with Gasteiger partial charge in [0.15, 0.2) is 0 Å². The molecule has 1 fully saturated rings. The van der Waals surface area contributed by atoms with E-state index in [1.165, 1.54) is 23.9 Å². The molecule has 6 nitrogen and oxygen atoms in total. The summed E-state index contributed by atoms with van der Waals surface area (Å²) in [6.07, 6.45) is 1.48. The summed E-state index contributed by atoms with van der Waals surface area (Å²) >= 11 is 0. The van der Waals surface area contributed by atoms with E-state index in [2.05, 4.69) is 38.1 Å². The van der Waals surface area contributed by atoms with Gasteiger partial charge in [-0.2, -0.15) is 14.0 Å². The summed E-state index contributed by atoms with van der Waals surface area (Å²) in [5.74, 6) is 0.0231. The second kappa shape index (κ2) is 9.69. The minimum atomic E-state index is -2.92. The van der Waals surface area contributed by atoms with Crippen molar-refractivity contribution in [3.8, 4) is 11.8 Å². The van der Waals surface area contributed by atoms with Crippen molar-refractivity contribution in [3.63, 3.8) is 0 Å². The quantitative estimate of drug-likeness (QED) is 0.614. The van der Waals surface area contributed by atoms with Crippen LogP contribution in [0.4, 0.5) is 14.5 Å². The van der Waals surface area contributed by atoms with Gasteiger partial charge in [-0.15, -0.1) is 0 Å². The van der Waals surface area contributed by atoms with Crippen LogP contribution in [0.3, 0.4) is 0 Å². The predicted octanol–water partition coefficient (Wildman–Crippen LogP) is 4.15. The average Bonchev–Trinajstić information content (AvgIpc) is 2.78. The Morgan fingerprint density at radius 3 is 2.58 bits per heavy atom. The van der Waals surface area contributed by atoms with Gasteiger partial charge >= 0.3 is 6.61 Å². The minimum Gasteiger partial charge on any atom is -0.435 e. The number of anilines is 1. The molecule has 1 aliphatic heterocycles. The normalized spacial score (nSPS) is 14.5. The van der Waals surface area contributed by atoms with Crippen LogP contribution in [0, 0.1) is 11.3 Å². The first kappa shape index (κ1) is 21.0. The van der Waals surface area contributed by atoms with E-state index in [-0.39, 0.29) is 5.75 Å². The molecular formula is C23H22F2N4O2. The molecule has 0 amide bonds. The Balaban J connectivity index is 1.50. The third-order valence-corrected chi connectivity index (χ3v) is 5.19. The number of ether oxygens (including phenoxy) is 2. The molecule has 0 radical (unpaired) electrons. The number of pyridine rings is 1. The van der Waals surface area contributed by atoms with Crippen LogP contribution >= 0.6 is 0 Å². The Morgan fingerprint density at radius 1 is 1.13 bits per heavy atom. The van der Waals surface area contributed by atoms with Crippen LogP contribution in [-0.2, 0) is 17.8 Å². The van der Waals surface area contributed by atoms with E-state index < -0.39 is 6.61 Å². The molecule has 2 aromatic carbocycles. The lowest BCUT2D eigenvalue weighted by molar-refractivity contribution is -0.0497. The number of benzene rings is 2. The number of halogens is 2. The van der Waals surface area contributed by atoms with Crippen LogP contribution in [0.2, 0.25) is 0 Å². The second-order valence-corrected chi connectivity index (χ2v) is 7.27. The third-order valence-electron chi connectivity index (χ3n) is 5.19. The number of hydrogen-bond donors (Lipinski definition) is 1. The monoisotopic (exact) mass is 424 g/mol. The van der Waals surface area contributed by atoms with Crippen molar-refractivity contribution in [2.24, 2.45) is 0 Å². The van der Waals surface area contributed by atoms with Gasteiger partial charge in [0, 0.05) is 37.8 Å². The molecule has 160 valence electrons. The largest absolute Gasteiger partial charge is 0.435 e. The zero-order chi connectivity index (χ0) is 21.6. The molecule has 8 heteroatoms. The smallest absolute Gasteiger partial charge is 0.387 e. The lowest BCUT2D eigenvalue weighted by atomic mass is 10.1. The van der Waals surface area contributed by atoms with Gasteiger partial charge in [0.1, 0.15) is 11.8 Å². The highest BCUT2D eigenvalue weighted by molar-refractivity contribution is 5.94. The summed E-state index contributed by atoms with van der Waals surface area (Å²) in [7, 11) is 0. The third kappa shape index (κ3) is 5.26. The van der Waals surface area contributed by atoms with E-state index in [9.17, 15) is 14.0 Å². The topological polar surface area (TPSA) is 70.4 Å². The SMILES string of the molecule is N#Cc1cnc2ccc(OC(F)F)cc2c1NCc1ccc(CN2CCOCC2)cc1. The van der Waals surface area contributed by atoms with Crippen molar-refractivity contribution < 1.29 is 18.3 Å². The van der Waals surface area contributed by atoms with Crippen molar-refractivity contribution >= 4 is 16.6 Å². The van der Waals surface area contributed by atoms with Crippen LogP contribution in [0.15, 0.2) is 48.7 Å². The molecule has 0 aliphatic carbocycles. The number of nitriles is 1. The fraction of sp³-hybridized carbons (Fsp3) is 0.304. The Hall–Kier alpha value is -3.28. The number of morpholine rings is 1. The molecule has 0 saturated carbocycles. The summed E-state index contributed by atoms with van der Waals surface area (Å²) in [4.78, 5) is 6.60.